The van der Waals surface area contributed by atoms with Crippen molar-refractivity contribution in [2.75, 3.05) is 0 Å². The average molecular weight is 738 g/mol. The van der Waals surface area contributed by atoms with Gasteiger partial charge in [-0.3, -0.25) is 0 Å². The summed E-state index contributed by atoms with van der Waals surface area (Å²) in [5.41, 5.74) is 11.9. The maximum atomic E-state index is 15.9. The van der Waals surface area contributed by atoms with Gasteiger partial charge in [-0.1, -0.05) is 158 Å². The molecule has 2 aromatic heterocycles. The van der Waals surface area contributed by atoms with Gasteiger partial charge in [0.15, 0.2) is 13.0 Å². The Morgan fingerprint density at radius 2 is 1.23 bits per heavy atom. The number of allylic oxidation sites excluding steroid dienone is 1. The third kappa shape index (κ3) is 5.18. The Kier molecular flexibility index (Phi) is 8.09. The third-order valence-corrected chi connectivity index (χ3v) is 14.1. The second-order valence-corrected chi connectivity index (χ2v) is 16.7. The minimum absolute atomic E-state index is 0.653. The lowest BCUT2D eigenvalue weighted by Gasteiger charge is -2.19. The van der Waals surface area contributed by atoms with Gasteiger partial charge in [-0.2, -0.15) is 0 Å². The van der Waals surface area contributed by atoms with Crippen molar-refractivity contribution in [3.05, 3.63) is 194 Å². The number of fused-ring (bicyclic) bond motifs is 6. The van der Waals surface area contributed by atoms with E-state index in [1.54, 1.807) is 0 Å². The monoisotopic (exact) mass is 737 g/mol. The summed E-state index contributed by atoms with van der Waals surface area (Å²) in [7, 11) is -3.27. The first-order valence-electron chi connectivity index (χ1n) is 18.8. The van der Waals surface area contributed by atoms with Crippen LogP contribution in [0, 0.1) is 0 Å². The molecule has 0 aliphatic carbocycles. The van der Waals surface area contributed by atoms with Crippen LogP contribution < -0.4 is 15.9 Å². The smallest absolute Gasteiger partial charge is 0.174 e. The van der Waals surface area contributed by atoms with Crippen molar-refractivity contribution in [3.63, 3.8) is 0 Å². The molecule has 9 aromatic rings. The Bertz CT molecular complexity index is 3050. The van der Waals surface area contributed by atoms with Gasteiger partial charge in [-0.05, 0) is 65.6 Å². The Balaban J connectivity index is 1.15. The van der Waals surface area contributed by atoms with E-state index in [1.807, 2.05) is 85.8 Å². The van der Waals surface area contributed by atoms with Crippen molar-refractivity contribution >= 4 is 57.0 Å². The fourth-order valence-electron chi connectivity index (χ4n) is 8.38. The highest BCUT2D eigenvalue weighted by atomic mass is 31.2. The molecule has 0 bridgehead atoms. The first kappa shape index (κ1) is 33.7. The molecule has 7 aromatic carbocycles. The molecule has 0 saturated heterocycles. The highest BCUT2D eigenvalue weighted by Gasteiger charge is 2.43. The van der Waals surface area contributed by atoms with E-state index in [0.717, 1.165) is 88.2 Å². The molecule has 3 heterocycles. The number of benzene rings is 7. The maximum absolute atomic E-state index is 15.9. The first-order chi connectivity index (χ1) is 27.6. The van der Waals surface area contributed by atoms with Gasteiger partial charge in [0.2, 0.25) is 0 Å². The molecule has 1 aliphatic rings. The van der Waals surface area contributed by atoms with Gasteiger partial charge in [0.05, 0.1) is 27.7 Å². The molecule has 0 N–H and O–H groups in total. The molecule has 4 nitrogen and oxygen atoms in total. The topological polar surface area (TPSA) is 47.8 Å². The van der Waals surface area contributed by atoms with Gasteiger partial charge in [-0.25, -0.2) is 9.97 Å². The number of para-hydroxylation sites is 1. The molecule has 1 atom stereocenters. The number of hydrogen-bond acceptors (Lipinski definition) is 3. The second kappa shape index (κ2) is 13.5. The quantitative estimate of drug-likeness (QED) is 0.153. The van der Waals surface area contributed by atoms with Crippen molar-refractivity contribution in [3.8, 4) is 50.6 Å². The van der Waals surface area contributed by atoms with E-state index < -0.39 is 7.14 Å². The van der Waals surface area contributed by atoms with E-state index in [2.05, 4.69) is 120 Å². The SMILES string of the molecule is C=Cc1c(/C=C\C)n(-c2ccc(-c3nc(-c4ccc(-c5ccccc5)cc4)c4ccccc4n3)cc2)c2c3c(ccc12)-c1ccccc1P3(=O)c1ccccc1. The Labute approximate surface area is 326 Å². The maximum Gasteiger partial charge on any atom is 0.174 e. The molecule has 0 saturated carbocycles. The molecule has 0 radical (unpaired) electrons. The first-order valence-corrected chi connectivity index (χ1v) is 20.6. The Hall–Kier alpha value is -6.87. The van der Waals surface area contributed by atoms with Crippen LogP contribution in [0.5, 0.6) is 0 Å². The minimum Gasteiger partial charge on any atom is -0.309 e. The van der Waals surface area contributed by atoms with Crippen molar-refractivity contribution < 1.29 is 4.57 Å². The van der Waals surface area contributed by atoms with Crippen LogP contribution in [0.4, 0.5) is 0 Å². The second-order valence-electron chi connectivity index (χ2n) is 14.1. The highest BCUT2D eigenvalue weighted by molar-refractivity contribution is 7.86. The van der Waals surface area contributed by atoms with Crippen LogP contribution in [-0.2, 0) is 4.57 Å². The van der Waals surface area contributed by atoms with Gasteiger partial charge < -0.3 is 9.13 Å². The molecule has 0 fully saturated rings. The Morgan fingerprint density at radius 1 is 0.589 bits per heavy atom. The predicted octanol–water partition coefficient (Wildman–Crippen LogP) is 11.9. The minimum atomic E-state index is -3.27. The van der Waals surface area contributed by atoms with Gasteiger partial charge >= 0.3 is 0 Å². The van der Waals surface area contributed by atoms with E-state index in [1.165, 1.54) is 5.56 Å². The molecular formula is C51H36N3OP. The summed E-state index contributed by atoms with van der Waals surface area (Å²) < 4.78 is 18.2. The molecule has 56 heavy (non-hydrogen) atoms. The summed E-state index contributed by atoms with van der Waals surface area (Å²) in [4.78, 5) is 10.3. The lowest BCUT2D eigenvalue weighted by atomic mass is 10.0. The van der Waals surface area contributed by atoms with E-state index in [-0.39, 0.29) is 0 Å². The van der Waals surface area contributed by atoms with Crippen LogP contribution in [-0.4, -0.2) is 14.5 Å². The van der Waals surface area contributed by atoms with Crippen molar-refractivity contribution in [1.82, 2.24) is 14.5 Å². The predicted molar refractivity (Wildman–Crippen MR) is 236 cm³/mol. The summed E-state index contributed by atoms with van der Waals surface area (Å²) in [5, 5.41) is 4.59. The number of hydrogen-bond donors (Lipinski definition) is 0. The summed E-state index contributed by atoms with van der Waals surface area (Å²) in [6.45, 7) is 6.28. The summed E-state index contributed by atoms with van der Waals surface area (Å²) in [6, 6.07) is 58.1. The fraction of sp³-hybridized carbons (Fsp3) is 0.0196. The number of rotatable bonds is 7. The van der Waals surface area contributed by atoms with Crippen LogP contribution in [0.3, 0.4) is 0 Å². The lowest BCUT2D eigenvalue weighted by Crippen LogP contribution is -2.22. The molecule has 5 heteroatoms. The standard InChI is InChI=1S/C51H36N3OP/c1-3-15-46-40(4-2)42-32-33-43-41-20-12-14-23-47(41)56(55,39-18-9-6-10-19-39)50(43)49(42)54(46)38-30-28-37(29-31-38)51-52-45-22-13-11-21-44(45)48(53-51)36-26-24-35(25-27-36)34-16-7-5-8-17-34/h3-33H,2H2,1H3/b15-3-. The zero-order valence-electron chi connectivity index (χ0n) is 30.8. The van der Waals surface area contributed by atoms with Crippen molar-refractivity contribution in [1.29, 1.82) is 0 Å². The van der Waals surface area contributed by atoms with Gasteiger partial charge in [0, 0.05) is 43.8 Å². The highest BCUT2D eigenvalue weighted by Crippen LogP contribution is 2.54. The number of nitrogens with zero attached hydrogens (tertiary/aromatic N) is 3. The fourth-order valence-corrected chi connectivity index (χ4v) is 11.6. The molecule has 1 aliphatic heterocycles. The largest absolute Gasteiger partial charge is 0.309 e. The van der Waals surface area contributed by atoms with Crippen LogP contribution in [0.25, 0.3) is 84.5 Å². The van der Waals surface area contributed by atoms with Gasteiger partial charge in [-0.15, -0.1) is 0 Å². The van der Waals surface area contributed by atoms with E-state index in [0.29, 0.717) is 5.82 Å². The molecule has 10 rings (SSSR count). The van der Waals surface area contributed by atoms with E-state index in [4.69, 9.17) is 9.97 Å². The van der Waals surface area contributed by atoms with Crippen LogP contribution >= 0.6 is 7.14 Å². The number of aromatic nitrogens is 3. The van der Waals surface area contributed by atoms with E-state index in [9.17, 15) is 0 Å². The third-order valence-electron chi connectivity index (χ3n) is 10.9. The van der Waals surface area contributed by atoms with Crippen LogP contribution in [0.1, 0.15) is 18.2 Å². The Morgan fingerprint density at radius 3 is 1.98 bits per heavy atom. The molecule has 0 spiro atoms. The zero-order chi connectivity index (χ0) is 37.8. The molecule has 266 valence electrons. The molecule has 1 unspecified atom stereocenters. The summed E-state index contributed by atoms with van der Waals surface area (Å²) in [6.07, 6.45) is 6.09. The normalized spacial score (nSPS) is 14.7. The zero-order valence-corrected chi connectivity index (χ0v) is 31.7. The van der Waals surface area contributed by atoms with Crippen molar-refractivity contribution in [2.24, 2.45) is 0 Å². The summed E-state index contributed by atoms with van der Waals surface area (Å²) >= 11 is 0. The lowest BCUT2D eigenvalue weighted by molar-refractivity contribution is 0.593. The molecular weight excluding hydrogens is 702 g/mol. The van der Waals surface area contributed by atoms with Crippen LogP contribution in [0.2, 0.25) is 0 Å². The van der Waals surface area contributed by atoms with Gasteiger partial charge in [0.1, 0.15) is 0 Å². The van der Waals surface area contributed by atoms with Crippen LogP contribution in [0.15, 0.2) is 183 Å². The summed E-state index contributed by atoms with van der Waals surface area (Å²) in [5.74, 6) is 0.653. The van der Waals surface area contributed by atoms with E-state index >= 15 is 4.57 Å². The van der Waals surface area contributed by atoms with Crippen molar-refractivity contribution in [2.45, 2.75) is 6.92 Å². The molecule has 0 amide bonds. The van der Waals surface area contributed by atoms with Gasteiger partial charge in [0.25, 0.3) is 0 Å². The average Bonchev–Trinajstić information content (AvgIpc) is 3.73.